The Hall–Kier alpha value is -1.77. The summed E-state index contributed by atoms with van der Waals surface area (Å²) in [5.74, 6) is 1.33. The molecule has 0 radical (unpaired) electrons. The number of nitrogens with zero attached hydrogens (tertiary/aromatic N) is 2. The number of nitrogens with two attached hydrogens (primary N) is 1. The molecule has 1 aromatic carbocycles. The Morgan fingerprint density at radius 3 is 2.48 bits per heavy atom. The fourth-order valence-electron chi connectivity index (χ4n) is 3.81. The third-order valence-corrected chi connectivity index (χ3v) is 4.88. The molecule has 1 heterocycles. The highest BCUT2D eigenvalue weighted by Gasteiger charge is 2.24. The van der Waals surface area contributed by atoms with Gasteiger partial charge in [0, 0.05) is 18.2 Å². The maximum Gasteiger partial charge on any atom is 0.200 e. The van der Waals surface area contributed by atoms with Crippen molar-refractivity contribution < 1.29 is 0 Å². The molecule has 1 fully saturated rings. The molecular weight excluding hydrogens is 282 g/mol. The maximum atomic E-state index is 6.35. The summed E-state index contributed by atoms with van der Waals surface area (Å²) in [7, 11) is 0. The summed E-state index contributed by atoms with van der Waals surface area (Å²) in [5.41, 5.74) is 10.2. The highest BCUT2D eigenvalue weighted by atomic mass is 15.2. The Kier molecular flexibility index (Phi) is 5.04. The van der Waals surface area contributed by atoms with Gasteiger partial charge in [0.15, 0.2) is 0 Å². The van der Waals surface area contributed by atoms with Crippen LogP contribution in [0.4, 0.5) is 5.95 Å². The quantitative estimate of drug-likeness (QED) is 0.865. The van der Waals surface area contributed by atoms with Crippen LogP contribution in [0.25, 0.3) is 0 Å². The van der Waals surface area contributed by atoms with Gasteiger partial charge in [-0.05, 0) is 30.7 Å². The van der Waals surface area contributed by atoms with E-state index in [-0.39, 0.29) is 0 Å². The molecule has 0 amide bonds. The Bertz CT molecular complexity index is 622. The Balaban J connectivity index is 1.94. The molecule has 3 nitrogen and oxygen atoms in total. The average molecular weight is 311 g/mol. The predicted molar refractivity (Wildman–Crippen MR) is 96.6 cm³/mol. The van der Waals surface area contributed by atoms with Gasteiger partial charge in [0.25, 0.3) is 0 Å². The summed E-state index contributed by atoms with van der Waals surface area (Å²) in [6.07, 6.45) is 8.43. The van der Waals surface area contributed by atoms with E-state index in [0.29, 0.717) is 12.0 Å². The van der Waals surface area contributed by atoms with E-state index in [9.17, 15) is 0 Å². The first-order chi connectivity index (χ1) is 11.1. The van der Waals surface area contributed by atoms with Crippen molar-refractivity contribution in [1.82, 2.24) is 9.55 Å². The zero-order valence-corrected chi connectivity index (χ0v) is 14.5. The van der Waals surface area contributed by atoms with Crippen LogP contribution in [-0.4, -0.2) is 9.55 Å². The average Bonchev–Trinajstić information content (AvgIpc) is 2.84. The number of rotatable bonds is 5. The topological polar surface area (TPSA) is 43.8 Å². The Morgan fingerprint density at radius 1 is 1.13 bits per heavy atom. The van der Waals surface area contributed by atoms with E-state index in [2.05, 4.69) is 48.7 Å². The van der Waals surface area contributed by atoms with E-state index in [1.165, 1.54) is 49.1 Å². The smallest absolute Gasteiger partial charge is 0.200 e. The highest BCUT2D eigenvalue weighted by molar-refractivity contribution is 5.34. The first-order valence-corrected chi connectivity index (χ1v) is 9.04. The van der Waals surface area contributed by atoms with Gasteiger partial charge in [-0.15, -0.1) is 0 Å². The number of hydrogen-bond acceptors (Lipinski definition) is 2. The second kappa shape index (κ2) is 7.20. The molecule has 1 saturated carbocycles. The van der Waals surface area contributed by atoms with E-state index < -0.39 is 0 Å². The molecule has 0 bridgehead atoms. The molecule has 3 rings (SSSR count). The number of benzene rings is 1. The van der Waals surface area contributed by atoms with Gasteiger partial charge in [-0.2, -0.15) is 0 Å². The lowest BCUT2D eigenvalue weighted by Crippen LogP contribution is -2.18. The zero-order chi connectivity index (χ0) is 16.2. The molecule has 0 atom stereocenters. The van der Waals surface area contributed by atoms with E-state index in [4.69, 9.17) is 10.7 Å². The summed E-state index contributed by atoms with van der Waals surface area (Å²) in [6.45, 7) is 4.56. The molecule has 3 heteroatoms. The predicted octanol–water partition coefficient (Wildman–Crippen LogP) is 4.76. The van der Waals surface area contributed by atoms with Crippen molar-refractivity contribution in [2.75, 3.05) is 5.73 Å². The van der Waals surface area contributed by atoms with Crippen LogP contribution in [0.1, 0.15) is 68.9 Å². The van der Waals surface area contributed by atoms with Gasteiger partial charge in [0.2, 0.25) is 5.95 Å². The van der Waals surface area contributed by atoms with Gasteiger partial charge < -0.3 is 10.3 Å². The fraction of sp³-hybridized carbons (Fsp3) is 0.550. The minimum absolute atomic E-state index is 0.550. The number of anilines is 1. The molecule has 1 aliphatic rings. The standard InChI is InChI=1S/C20H29N3/c1-15(2)13-19-18(14-16-9-5-3-6-10-16)22-20(21)23(19)17-11-7-4-8-12-17/h3,5-6,9-10,15,17H,4,7-8,11-14H2,1-2H3,(H2,21,22). The fourth-order valence-corrected chi connectivity index (χ4v) is 3.81. The normalized spacial score (nSPS) is 16.1. The SMILES string of the molecule is CC(C)Cc1c(Cc2ccccc2)nc(N)n1C1CCCCC1. The van der Waals surface area contributed by atoms with Crippen molar-refractivity contribution in [2.45, 2.75) is 64.8 Å². The first-order valence-electron chi connectivity index (χ1n) is 9.04. The van der Waals surface area contributed by atoms with Gasteiger partial charge in [-0.3, -0.25) is 0 Å². The van der Waals surface area contributed by atoms with Crippen LogP contribution in [-0.2, 0) is 12.8 Å². The molecule has 0 saturated heterocycles. The largest absolute Gasteiger partial charge is 0.369 e. The molecule has 1 aliphatic carbocycles. The van der Waals surface area contributed by atoms with Crippen molar-refractivity contribution in [3.63, 3.8) is 0 Å². The van der Waals surface area contributed by atoms with Crippen LogP contribution < -0.4 is 5.73 Å². The van der Waals surface area contributed by atoms with Gasteiger partial charge in [0.05, 0.1) is 5.69 Å². The number of nitrogen functional groups attached to an aromatic ring is 1. The van der Waals surface area contributed by atoms with E-state index in [1.807, 2.05) is 0 Å². The maximum absolute atomic E-state index is 6.35. The minimum Gasteiger partial charge on any atom is -0.369 e. The van der Waals surface area contributed by atoms with Crippen LogP contribution in [0.15, 0.2) is 30.3 Å². The van der Waals surface area contributed by atoms with E-state index >= 15 is 0 Å². The monoisotopic (exact) mass is 311 g/mol. The van der Waals surface area contributed by atoms with Gasteiger partial charge in [-0.1, -0.05) is 63.4 Å². The number of aromatic nitrogens is 2. The number of imidazole rings is 1. The number of hydrogen-bond donors (Lipinski definition) is 1. The third-order valence-electron chi connectivity index (χ3n) is 4.88. The molecule has 124 valence electrons. The van der Waals surface area contributed by atoms with Crippen LogP contribution in [0, 0.1) is 5.92 Å². The molecule has 23 heavy (non-hydrogen) atoms. The van der Waals surface area contributed by atoms with Gasteiger partial charge in [-0.25, -0.2) is 4.98 Å². The molecule has 1 aromatic heterocycles. The van der Waals surface area contributed by atoms with Crippen LogP contribution in [0.3, 0.4) is 0 Å². The van der Waals surface area contributed by atoms with E-state index in [1.54, 1.807) is 0 Å². The lowest BCUT2D eigenvalue weighted by molar-refractivity contribution is 0.347. The van der Waals surface area contributed by atoms with Crippen LogP contribution in [0.2, 0.25) is 0 Å². The molecule has 0 aliphatic heterocycles. The molecule has 2 N–H and O–H groups in total. The lowest BCUT2D eigenvalue weighted by Gasteiger charge is -2.26. The van der Waals surface area contributed by atoms with Crippen molar-refractivity contribution in [2.24, 2.45) is 5.92 Å². The second-order valence-electron chi connectivity index (χ2n) is 7.29. The summed E-state index contributed by atoms with van der Waals surface area (Å²) in [6, 6.07) is 11.2. The Labute approximate surface area is 139 Å². The molecule has 0 unspecified atom stereocenters. The van der Waals surface area contributed by atoms with Crippen molar-refractivity contribution >= 4 is 5.95 Å². The minimum atomic E-state index is 0.550. The molecular formula is C20H29N3. The summed E-state index contributed by atoms with van der Waals surface area (Å²) in [4.78, 5) is 4.77. The van der Waals surface area contributed by atoms with Crippen molar-refractivity contribution in [3.05, 3.63) is 47.3 Å². The van der Waals surface area contributed by atoms with E-state index in [0.717, 1.165) is 18.8 Å². The Morgan fingerprint density at radius 2 is 1.83 bits per heavy atom. The summed E-state index contributed by atoms with van der Waals surface area (Å²) in [5, 5.41) is 0. The molecule has 2 aromatic rings. The summed E-state index contributed by atoms with van der Waals surface area (Å²) >= 11 is 0. The summed E-state index contributed by atoms with van der Waals surface area (Å²) < 4.78 is 2.37. The van der Waals surface area contributed by atoms with Gasteiger partial charge >= 0.3 is 0 Å². The molecule has 0 spiro atoms. The van der Waals surface area contributed by atoms with Gasteiger partial charge in [0.1, 0.15) is 0 Å². The van der Waals surface area contributed by atoms with Crippen LogP contribution >= 0.6 is 0 Å². The highest BCUT2D eigenvalue weighted by Crippen LogP contribution is 2.33. The first kappa shape index (κ1) is 16.1. The van der Waals surface area contributed by atoms with Crippen molar-refractivity contribution in [3.8, 4) is 0 Å². The van der Waals surface area contributed by atoms with Crippen molar-refractivity contribution in [1.29, 1.82) is 0 Å². The third kappa shape index (κ3) is 3.77. The second-order valence-corrected chi connectivity index (χ2v) is 7.29. The zero-order valence-electron chi connectivity index (χ0n) is 14.5. The van der Waals surface area contributed by atoms with Crippen LogP contribution in [0.5, 0.6) is 0 Å². The lowest BCUT2D eigenvalue weighted by atomic mass is 9.94.